The summed E-state index contributed by atoms with van der Waals surface area (Å²) in [5.41, 5.74) is 3.30. The molecule has 4 nitrogen and oxygen atoms in total. The molecule has 0 spiro atoms. The van der Waals surface area contributed by atoms with Crippen LogP contribution in [0.4, 0.5) is 0 Å². The zero-order valence-corrected chi connectivity index (χ0v) is 13.3. The van der Waals surface area contributed by atoms with Crippen LogP contribution < -0.4 is 0 Å². The first kappa shape index (κ1) is 13.9. The van der Waals surface area contributed by atoms with Gasteiger partial charge in [-0.3, -0.25) is 4.68 Å². The molecular weight excluding hydrogens is 272 g/mol. The van der Waals surface area contributed by atoms with E-state index in [9.17, 15) is 0 Å². The molecule has 2 aromatic heterocycles. The van der Waals surface area contributed by atoms with Crippen LogP contribution in [0, 0.1) is 5.92 Å². The molecule has 2 aromatic rings. The molecule has 0 N–H and O–H groups in total. The monoisotopic (exact) mass is 294 g/mol. The predicted molar refractivity (Wildman–Crippen MR) is 82.1 cm³/mol. The molecule has 0 amide bonds. The van der Waals surface area contributed by atoms with Crippen molar-refractivity contribution in [2.75, 3.05) is 0 Å². The molecule has 1 fully saturated rings. The highest BCUT2D eigenvalue weighted by atomic mass is 35.5. The Balaban J connectivity index is 2.09. The highest BCUT2D eigenvalue weighted by Crippen LogP contribution is 2.33. The molecule has 1 atom stereocenters. The number of fused-ring (bicyclic) bond motifs is 1. The van der Waals surface area contributed by atoms with E-state index >= 15 is 0 Å². The molecule has 1 unspecified atom stereocenters. The Bertz CT molecular complexity index is 607. The van der Waals surface area contributed by atoms with Crippen molar-refractivity contribution in [3.63, 3.8) is 0 Å². The van der Waals surface area contributed by atoms with Crippen LogP contribution in [-0.4, -0.2) is 19.3 Å². The maximum absolute atomic E-state index is 6.35. The standard InChI is InChI=1S/C15H23ClN4/c1-4-6-12-13-15(19(3)18-12)20(9-11-7-5-8-11)14(17-13)10(2)16/h10-11H,4-9H2,1-3H3. The van der Waals surface area contributed by atoms with E-state index < -0.39 is 0 Å². The van der Waals surface area contributed by atoms with Gasteiger partial charge in [0.2, 0.25) is 0 Å². The van der Waals surface area contributed by atoms with Gasteiger partial charge < -0.3 is 4.57 Å². The number of nitrogens with zero attached hydrogens (tertiary/aromatic N) is 4. The van der Waals surface area contributed by atoms with Gasteiger partial charge in [-0.25, -0.2) is 4.98 Å². The molecule has 110 valence electrons. The summed E-state index contributed by atoms with van der Waals surface area (Å²) in [5.74, 6) is 1.78. The van der Waals surface area contributed by atoms with E-state index in [0.717, 1.165) is 48.0 Å². The van der Waals surface area contributed by atoms with Gasteiger partial charge in [0.05, 0.1) is 11.1 Å². The van der Waals surface area contributed by atoms with Gasteiger partial charge in [-0.1, -0.05) is 19.8 Å². The van der Waals surface area contributed by atoms with Crippen LogP contribution in [-0.2, 0) is 20.0 Å². The molecule has 1 saturated carbocycles. The summed E-state index contributed by atoms with van der Waals surface area (Å²) >= 11 is 6.35. The summed E-state index contributed by atoms with van der Waals surface area (Å²) in [6.07, 6.45) is 6.09. The fourth-order valence-electron chi connectivity index (χ4n) is 3.08. The van der Waals surface area contributed by atoms with Crippen LogP contribution in [0.5, 0.6) is 0 Å². The number of rotatable bonds is 5. The van der Waals surface area contributed by atoms with Crippen molar-refractivity contribution in [3.05, 3.63) is 11.5 Å². The minimum atomic E-state index is -0.0584. The summed E-state index contributed by atoms with van der Waals surface area (Å²) in [7, 11) is 2.02. The van der Waals surface area contributed by atoms with Gasteiger partial charge in [-0.05, 0) is 32.1 Å². The summed E-state index contributed by atoms with van der Waals surface area (Å²) in [6.45, 7) is 5.22. The maximum Gasteiger partial charge on any atom is 0.158 e. The molecule has 5 heteroatoms. The number of aryl methyl sites for hydroxylation is 2. The Morgan fingerprint density at radius 2 is 2.15 bits per heavy atom. The van der Waals surface area contributed by atoms with E-state index in [1.54, 1.807) is 0 Å². The third-order valence-corrected chi connectivity index (χ3v) is 4.52. The van der Waals surface area contributed by atoms with E-state index in [1.165, 1.54) is 19.3 Å². The van der Waals surface area contributed by atoms with Gasteiger partial charge in [-0.15, -0.1) is 11.6 Å². The van der Waals surface area contributed by atoms with Gasteiger partial charge in [0, 0.05) is 13.6 Å². The maximum atomic E-state index is 6.35. The number of hydrogen-bond donors (Lipinski definition) is 0. The molecule has 0 aliphatic heterocycles. The third kappa shape index (κ3) is 2.24. The SMILES string of the molecule is CCCc1nn(C)c2c1nc(C(C)Cl)n2CC1CCC1. The van der Waals surface area contributed by atoms with Crippen molar-refractivity contribution < 1.29 is 0 Å². The van der Waals surface area contributed by atoms with Crippen molar-refractivity contribution in [1.29, 1.82) is 0 Å². The Kier molecular flexibility index (Phi) is 3.76. The van der Waals surface area contributed by atoms with E-state index in [1.807, 2.05) is 18.7 Å². The molecule has 0 radical (unpaired) electrons. The molecule has 1 aliphatic carbocycles. The van der Waals surface area contributed by atoms with Gasteiger partial charge in [0.1, 0.15) is 11.3 Å². The Labute approximate surface area is 125 Å². The van der Waals surface area contributed by atoms with Crippen molar-refractivity contribution in [2.45, 2.75) is 57.9 Å². The van der Waals surface area contributed by atoms with Crippen molar-refractivity contribution in [2.24, 2.45) is 13.0 Å². The molecule has 0 bridgehead atoms. The van der Waals surface area contributed by atoms with Crippen LogP contribution in [0.1, 0.15) is 56.4 Å². The average molecular weight is 295 g/mol. The van der Waals surface area contributed by atoms with Crippen molar-refractivity contribution in [1.82, 2.24) is 19.3 Å². The highest BCUT2D eigenvalue weighted by Gasteiger charge is 2.25. The zero-order valence-electron chi connectivity index (χ0n) is 12.6. The lowest BCUT2D eigenvalue weighted by Gasteiger charge is -2.26. The van der Waals surface area contributed by atoms with E-state index in [4.69, 9.17) is 16.6 Å². The smallest absolute Gasteiger partial charge is 0.158 e. The number of imidazole rings is 1. The molecule has 2 heterocycles. The summed E-state index contributed by atoms with van der Waals surface area (Å²) in [4.78, 5) is 4.81. The summed E-state index contributed by atoms with van der Waals surface area (Å²) in [5, 5.41) is 4.58. The van der Waals surface area contributed by atoms with E-state index in [2.05, 4.69) is 16.6 Å². The van der Waals surface area contributed by atoms with E-state index in [0.29, 0.717) is 0 Å². The molecule has 0 aromatic carbocycles. The van der Waals surface area contributed by atoms with Crippen LogP contribution in [0.2, 0.25) is 0 Å². The quantitative estimate of drug-likeness (QED) is 0.786. The van der Waals surface area contributed by atoms with Crippen molar-refractivity contribution >= 4 is 22.8 Å². The topological polar surface area (TPSA) is 35.6 Å². The fraction of sp³-hybridized carbons (Fsp3) is 0.733. The molecular formula is C15H23ClN4. The second-order valence-corrected chi connectivity index (χ2v) is 6.64. The highest BCUT2D eigenvalue weighted by molar-refractivity contribution is 6.20. The number of aromatic nitrogens is 4. The first-order chi connectivity index (χ1) is 9.61. The predicted octanol–water partition coefficient (Wildman–Crippen LogP) is 3.82. The van der Waals surface area contributed by atoms with Gasteiger partial charge in [-0.2, -0.15) is 5.10 Å². The third-order valence-electron chi connectivity index (χ3n) is 4.33. The largest absolute Gasteiger partial charge is 0.311 e. The van der Waals surface area contributed by atoms with E-state index in [-0.39, 0.29) is 5.38 Å². The van der Waals surface area contributed by atoms with Crippen LogP contribution in [0.25, 0.3) is 11.2 Å². The number of halogens is 1. The van der Waals surface area contributed by atoms with Gasteiger partial charge >= 0.3 is 0 Å². The lowest BCUT2D eigenvalue weighted by atomic mass is 9.85. The van der Waals surface area contributed by atoms with Crippen LogP contribution >= 0.6 is 11.6 Å². The zero-order chi connectivity index (χ0) is 14.3. The minimum Gasteiger partial charge on any atom is -0.311 e. The van der Waals surface area contributed by atoms with Crippen molar-refractivity contribution in [3.8, 4) is 0 Å². The molecule has 20 heavy (non-hydrogen) atoms. The first-order valence-corrected chi connectivity index (χ1v) is 8.11. The Morgan fingerprint density at radius 3 is 2.70 bits per heavy atom. The summed E-state index contributed by atoms with van der Waals surface area (Å²) < 4.78 is 4.29. The lowest BCUT2D eigenvalue weighted by molar-refractivity contribution is 0.275. The minimum absolute atomic E-state index is 0.0584. The first-order valence-electron chi connectivity index (χ1n) is 7.67. The second kappa shape index (κ2) is 5.40. The lowest BCUT2D eigenvalue weighted by Crippen LogP contribution is -2.20. The number of alkyl halides is 1. The summed E-state index contributed by atoms with van der Waals surface area (Å²) in [6, 6.07) is 0. The molecule has 3 rings (SSSR count). The van der Waals surface area contributed by atoms with Crippen LogP contribution in [0.3, 0.4) is 0 Å². The van der Waals surface area contributed by atoms with Crippen LogP contribution in [0.15, 0.2) is 0 Å². The normalized spacial score (nSPS) is 17.6. The van der Waals surface area contributed by atoms with Gasteiger partial charge in [0.15, 0.2) is 5.65 Å². The average Bonchev–Trinajstić information content (AvgIpc) is 2.84. The number of hydrogen-bond acceptors (Lipinski definition) is 2. The second-order valence-electron chi connectivity index (χ2n) is 5.99. The van der Waals surface area contributed by atoms with Gasteiger partial charge in [0.25, 0.3) is 0 Å². The fourth-order valence-corrected chi connectivity index (χ4v) is 3.25. The molecule has 0 saturated heterocycles. The Hall–Kier alpha value is -1.03. The molecule has 1 aliphatic rings. The Morgan fingerprint density at radius 1 is 1.40 bits per heavy atom.